The number of aromatic nitrogens is 1. The Kier molecular flexibility index (Phi) is 4.93. The summed E-state index contributed by atoms with van der Waals surface area (Å²) in [5.74, 6) is -1.23. The Morgan fingerprint density at radius 3 is 2.52 bits per heavy atom. The zero-order chi connectivity index (χ0) is 17.0. The predicted molar refractivity (Wildman–Crippen MR) is 83.1 cm³/mol. The van der Waals surface area contributed by atoms with E-state index in [-0.39, 0.29) is 6.54 Å². The quantitative estimate of drug-likeness (QED) is 0.867. The van der Waals surface area contributed by atoms with Crippen LogP contribution in [0.5, 0.6) is 0 Å². The molecule has 2 aromatic rings. The fourth-order valence-electron chi connectivity index (χ4n) is 1.81. The van der Waals surface area contributed by atoms with Gasteiger partial charge in [-0.3, -0.25) is 0 Å². The summed E-state index contributed by atoms with van der Waals surface area (Å²) in [6, 6.07) is 6.56. The molecule has 122 valence electrons. The van der Waals surface area contributed by atoms with Gasteiger partial charge in [-0.25, -0.2) is 18.6 Å². The molecule has 0 saturated carbocycles. The summed E-state index contributed by atoms with van der Waals surface area (Å²) in [4.78, 5) is 15.9. The first-order chi connectivity index (χ1) is 10.7. The minimum Gasteiger partial charge on any atom is -0.456 e. The van der Waals surface area contributed by atoms with Crippen LogP contribution >= 0.6 is 0 Å². The fraction of sp³-hybridized carbons (Fsp3) is 0.294. The molecule has 4 nitrogen and oxygen atoms in total. The molecule has 23 heavy (non-hydrogen) atoms. The van der Waals surface area contributed by atoms with E-state index >= 15 is 0 Å². The molecule has 0 radical (unpaired) electrons. The van der Waals surface area contributed by atoms with E-state index in [9.17, 15) is 13.6 Å². The summed E-state index contributed by atoms with van der Waals surface area (Å²) in [6.07, 6.45) is 1.39. The number of hydrogen-bond donors (Lipinski definition) is 1. The minimum absolute atomic E-state index is 0.158. The number of ether oxygens (including phenoxy) is 1. The van der Waals surface area contributed by atoms with Crippen LogP contribution in [-0.2, 0) is 11.3 Å². The average molecular weight is 320 g/mol. The number of anilines is 1. The van der Waals surface area contributed by atoms with Crippen molar-refractivity contribution < 1.29 is 18.3 Å². The van der Waals surface area contributed by atoms with Crippen molar-refractivity contribution in [2.24, 2.45) is 0 Å². The highest BCUT2D eigenvalue weighted by atomic mass is 19.1. The summed E-state index contributed by atoms with van der Waals surface area (Å²) >= 11 is 0. The number of halogens is 2. The molecule has 0 unspecified atom stereocenters. The maximum atomic E-state index is 13.5. The van der Waals surface area contributed by atoms with Crippen molar-refractivity contribution in [3.05, 3.63) is 59.3 Å². The van der Waals surface area contributed by atoms with E-state index in [1.54, 1.807) is 32.9 Å². The van der Waals surface area contributed by atoms with Crippen LogP contribution in [0.25, 0.3) is 0 Å². The molecule has 2 rings (SSSR count). The third kappa shape index (κ3) is 5.02. The van der Waals surface area contributed by atoms with E-state index in [0.29, 0.717) is 16.9 Å². The predicted octanol–water partition coefficient (Wildman–Crippen LogP) is 3.93. The molecule has 0 atom stereocenters. The van der Waals surface area contributed by atoms with Gasteiger partial charge in [0, 0.05) is 24.4 Å². The molecule has 6 heteroatoms. The second-order valence-corrected chi connectivity index (χ2v) is 6.02. The third-order valence-electron chi connectivity index (χ3n) is 2.87. The Hall–Kier alpha value is -2.50. The van der Waals surface area contributed by atoms with Gasteiger partial charge >= 0.3 is 5.97 Å². The van der Waals surface area contributed by atoms with Gasteiger partial charge < -0.3 is 10.1 Å². The van der Waals surface area contributed by atoms with Crippen molar-refractivity contribution in [2.75, 3.05) is 5.32 Å². The van der Waals surface area contributed by atoms with Gasteiger partial charge in [-0.15, -0.1) is 0 Å². The molecule has 1 aromatic carbocycles. The Labute approximate surface area is 133 Å². The van der Waals surface area contributed by atoms with Crippen LogP contribution in [0, 0.1) is 11.6 Å². The van der Waals surface area contributed by atoms with Gasteiger partial charge in [0.15, 0.2) is 0 Å². The van der Waals surface area contributed by atoms with Crippen LogP contribution < -0.4 is 5.32 Å². The summed E-state index contributed by atoms with van der Waals surface area (Å²) in [5, 5.41) is 2.91. The van der Waals surface area contributed by atoms with Crippen LogP contribution in [0.2, 0.25) is 0 Å². The zero-order valence-electron chi connectivity index (χ0n) is 13.2. The summed E-state index contributed by atoms with van der Waals surface area (Å²) in [6.45, 7) is 5.51. The molecule has 1 aromatic heterocycles. The lowest BCUT2D eigenvalue weighted by Crippen LogP contribution is -2.24. The van der Waals surface area contributed by atoms with E-state index in [4.69, 9.17) is 4.74 Å². The van der Waals surface area contributed by atoms with Crippen LogP contribution in [0.1, 0.15) is 36.7 Å². The molecule has 0 aliphatic carbocycles. The second-order valence-electron chi connectivity index (χ2n) is 6.02. The highest BCUT2D eigenvalue weighted by molar-refractivity contribution is 5.89. The van der Waals surface area contributed by atoms with E-state index in [2.05, 4.69) is 10.3 Å². The van der Waals surface area contributed by atoms with Crippen molar-refractivity contribution in [3.63, 3.8) is 0 Å². The lowest BCUT2D eigenvalue weighted by Gasteiger charge is -2.19. The number of esters is 1. The van der Waals surface area contributed by atoms with Crippen molar-refractivity contribution in [1.29, 1.82) is 0 Å². The molecule has 0 spiro atoms. The first-order valence-corrected chi connectivity index (χ1v) is 7.12. The average Bonchev–Trinajstić information content (AvgIpc) is 2.45. The van der Waals surface area contributed by atoms with Gasteiger partial charge in [-0.05, 0) is 39.0 Å². The third-order valence-corrected chi connectivity index (χ3v) is 2.87. The van der Waals surface area contributed by atoms with Crippen LogP contribution in [0.15, 0.2) is 36.5 Å². The number of nitrogens with one attached hydrogen (secondary N) is 1. The summed E-state index contributed by atoms with van der Waals surface area (Å²) < 4.78 is 31.6. The standard InChI is InChI=1S/C17H18F2N2O2/c1-17(2,3)23-16(22)12-5-7-15(21-10-12)20-9-11-4-6-13(18)8-14(11)19/h4-8,10H,9H2,1-3H3,(H,20,21). The number of carbonyl (C=O) groups excluding carboxylic acids is 1. The lowest BCUT2D eigenvalue weighted by molar-refractivity contribution is 0.00691. The Morgan fingerprint density at radius 2 is 1.96 bits per heavy atom. The molecule has 0 aliphatic heterocycles. The van der Waals surface area contributed by atoms with Crippen molar-refractivity contribution in [3.8, 4) is 0 Å². The number of nitrogens with zero attached hydrogens (tertiary/aromatic N) is 1. The highest BCUT2D eigenvalue weighted by Gasteiger charge is 2.18. The number of hydrogen-bond acceptors (Lipinski definition) is 4. The molecule has 0 bridgehead atoms. The van der Waals surface area contributed by atoms with Crippen molar-refractivity contribution in [2.45, 2.75) is 32.9 Å². The van der Waals surface area contributed by atoms with E-state index < -0.39 is 23.2 Å². The molecular formula is C17H18F2N2O2. The van der Waals surface area contributed by atoms with Crippen LogP contribution in [-0.4, -0.2) is 16.6 Å². The minimum atomic E-state index is -0.622. The number of pyridine rings is 1. The summed E-state index contributed by atoms with van der Waals surface area (Å²) in [5.41, 5.74) is 0.0801. The van der Waals surface area contributed by atoms with Gasteiger partial charge in [0.1, 0.15) is 23.1 Å². The first-order valence-electron chi connectivity index (χ1n) is 7.12. The van der Waals surface area contributed by atoms with Crippen LogP contribution in [0.4, 0.5) is 14.6 Å². The van der Waals surface area contributed by atoms with E-state index in [0.717, 1.165) is 6.07 Å². The van der Waals surface area contributed by atoms with E-state index in [1.165, 1.54) is 18.3 Å². The molecule has 0 saturated heterocycles. The second kappa shape index (κ2) is 6.73. The normalized spacial score (nSPS) is 11.2. The van der Waals surface area contributed by atoms with Gasteiger partial charge in [0.2, 0.25) is 0 Å². The topological polar surface area (TPSA) is 51.2 Å². The van der Waals surface area contributed by atoms with Gasteiger partial charge in [0.05, 0.1) is 5.56 Å². The van der Waals surface area contributed by atoms with Gasteiger partial charge in [0.25, 0.3) is 0 Å². The molecule has 1 heterocycles. The maximum absolute atomic E-state index is 13.5. The Balaban J connectivity index is 1.99. The summed E-state index contributed by atoms with van der Waals surface area (Å²) in [7, 11) is 0. The Bertz CT molecular complexity index is 695. The monoisotopic (exact) mass is 320 g/mol. The molecule has 1 N–H and O–H groups in total. The van der Waals surface area contributed by atoms with Crippen molar-refractivity contribution >= 4 is 11.8 Å². The van der Waals surface area contributed by atoms with Crippen molar-refractivity contribution in [1.82, 2.24) is 4.98 Å². The van der Waals surface area contributed by atoms with Crippen LogP contribution in [0.3, 0.4) is 0 Å². The number of benzene rings is 1. The smallest absolute Gasteiger partial charge is 0.340 e. The molecule has 0 fully saturated rings. The fourth-order valence-corrected chi connectivity index (χ4v) is 1.81. The molecule has 0 aliphatic rings. The number of carbonyl (C=O) groups is 1. The highest BCUT2D eigenvalue weighted by Crippen LogP contribution is 2.14. The van der Waals surface area contributed by atoms with E-state index in [1.807, 2.05) is 0 Å². The lowest BCUT2D eigenvalue weighted by atomic mass is 10.2. The zero-order valence-corrected chi connectivity index (χ0v) is 13.2. The van der Waals surface area contributed by atoms with Gasteiger partial charge in [-0.1, -0.05) is 6.07 Å². The Morgan fingerprint density at radius 1 is 1.22 bits per heavy atom. The molecular weight excluding hydrogens is 302 g/mol. The largest absolute Gasteiger partial charge is 0.456 e. The molecule has 0 amide bonds. The SMILES string of the molecule is CC(C)(C)OC(=O)c1ccc(NCc2ccc(F)cc2F)nc1. The number of rotatable bonds is 4. The van der Waals surface area contributed by atoms with Gasteiger partial charge in [-0.2, -0.15) is 0 Å². The first kappa shape index (κ1) is 16.9. The maximum Gasteiger partial charge on any atom is 0.340 e.